The zero-order valence-electron chi connectivity index (χ0n) is 16.6. The third-order valence-electron chi connectivity index (χ3n) is 5.68. The SMILES string of the molecule is Cc1ccc2[nH]c(C(=O)N3C[C@@H](C)N(Cc4ccc(F)cc4)C[C@@H]3C)cc2c1. The number of hydrogen-bond donors (Lipinski definition) is 1. The van der Waals surface area contributed by atoms with Gasteiger partial charge in [0, 0.05) is 42.6 Å². The summed E-state index contributed by atoms with van der Waals surface area (Å²) in [6.45, 7) is 8.52. The predicted molar refractivity (Wildman–Crippen MR) is 110 cm³/mol. The van der Waals surface area contributed by atoms with Crippen LogP contribution in [-0.4, -0.2) is 45.9 Å². The standard InChI is InChI=1S/C23H26FN3O/c1-15-4-9-21-19(10-15)11-22(25-21)23(28)27-13-16(2)26(12-17(27)3)14-18-5-7-20(24)8-6-18/h4-11,16-17,25H,12-14H2,1-3H3/t16-,17+/m1/s1. The summed E-state index contributed by atoms with van der Waals surface area (Å²) in [5, 5.41) is 1.07. The summed E-state index contributed by atoms with van der Waals surface area (Å²) < 4.78 is 13.1. The molecule has 1 aliphatic heterocycles. The summed E-state index contributed by atoms with van der Waals surface area (Å²) in [6, 6.07) is 15.1. The van der Waals surface area contributed by atoms with E-state index in [0.717, 1.165) is 29.6 Å². The van der Waals surface area contributed by atoms with E-state index in [0.29, 0.717) is 12.2 Å². The van der Waals surface area contributed by atoms with Gasteiger partial charge in [0.2, 0.25) is 0 Å². The Balaban J connectivity index is 1.48. The van der Waals surface area contributed by atoms with Crippen LogP contribution in [0.15, 0.2) is 48.5 Å². The highest BCUT2D eigenvalue weighted by Crippen LogP contribution is 2.23. The molecule has 1 aliphatic rings. The fourth-order valence-corrected chi connectivity index (χ4v) is 4.05. The van der Waals surface area contributed by atoms with Crippen LogP contribution in [0.1, 0.15) is 35.5 Å². The predicted octanol–water partition coefficient (Wildman–Crippen LogP) is 4.35. The number of amides is 1. The molecule has 2 atom stereocenters. The minimum absolute atomic E-state index is 0.0506. The second kappa shape index (κ2) is 7.40. The number of aryl methyl sites for hydroxylation is 1. The molecule has 0 aliphatic carbocycles. The Bertz CT molecular complexity index is 995. The summed E-state index contributed by atoms with van der Waals surface area (Å²) in [7, 11) is 0. The van der Waals surface area contributed by atoms with E-state index in [4.69, 9.17) is 0 Å². The van der Waals surface area contributed by atoms with E-state index in [1.54, 1.807) is 0 Å². The molecule has 1 fully saturated rings. The van der Waals surface area contributed by atoms with Crippen molar-refractivity contribution in [2.45, 2.75) is 39.4 Å². The zero-order valence-corrected chi connectivity index (χ0v) is 16.6. The van der Waals surface area contributed by atoms with Crippen LogP contribution >= 0.6 is 0 Å². The van der Waals surface area contributed by atoms with Gasteiger partial charge in [-0.2, -0.15) is 0 Å². The molecule has 0 bridgehead atoms. The van der Waals surface area contributed by atoms with Gasteiger partial charge in [-0.15, -0.1) is 0 Å². The van der Waals surface area contributed by atoms with Gasteiger partial charge in [-0.3, -0.25) is 9.69 Å². The smallest absolute Gasteiger partial charge is 0.270 e. The molecule has 1 N–H and O–H groups in total. The molecule has 1 saturated heterocycles. The van der Waals surface area contributed by atoms with E-state index >= 15 is 0 Å². The number of carbonyl (C=O) groups is 1. The van der Waals surface area contributed by atoms with Crippen molar-refractivity contribution < 1.29 is 9.18 Å². The third kappa shape index (κ3) is 3.67. The van der Waals surface area contributed by atoms with Crippen LogP contribution in [0.5, 0.6) is 0 Å². The first-order chi connectivity index (χ1) is 13.4. The lowest BCUT2D eigenvalue weighted by Gasteiger charge is -2.44. The van der Waals surface area contributed by atoms with Crippen molar-refractivity contribution in [3.63, 3.8) is 0 Å². The van der Waals surface area contributed by atoms with Crippen LogP contribution in [0.2, 0.25) is 0 Å². The van der Waals surface area contributed by atoms with Gasteiger partial charge >= 0.3 is 0 Å². The van der Waals surface area contributed by atoms with Gasteiger partial charge in [0.15, 0.2) is 0 Å². The summed E-state index contributed by atoms with van der Waals surface area (Å²) in [5.74, 6) is -0.163. The Hall–Kier alpha value is -2.66. The van der Waals surface area contributed by atoms with Gasteiger partial charge < -0.3 is 9.88 Å². The fourth-order valence-electron chi connectivity index (χ4n) is 4.05. The zero-order chi connectivity index (χ0) is 19.8. The largest absolute Gasteiger partial charge is 0.351 e. The van der Waals surface area contributed by atoms with Crippen molar-refractivity contribution in [1.29, 1.82) is 0 Å². The van der Waals surface area contributed by atoms with Crippen molar-refractivity contribution >= 4 is 16.8 Å². The molecule has 4 nitrogen and oxygen atoms in total. The van der Waals surface area contributed by atoms with Crippen LogP contribution in [0.3, 0.4) is 0 Å². The highest BCUT2D eigenvalue weighted by molar-refractivity contribution is 5.98. The lowest BCUT2D eigenvalue weighted by molar-refractivity contribution is 0.0287. The van der Waals surface area contributed by atoms with Crippen molar-refractivity contribution in [3.8, 4) is 0 Å². The molecular formula is C23H26FN3O. The van der Waals surface area contributed by atoms with Crippen molar-refractivity contribution in [1.82, 2.24) is 14.8 Å². The minimum Gasteiger partial charge on any atom is -0.351 e. The van der Waals surface area contributed by atoms with E-state index < -0.39 is 0 Å². The summed E-state index contributed by atoms with van der Waals surface area (Å²) in [6.07, 6.45) is 0. The van der Waals surface area contributed by atoms with Crippen LogP contribution < -0.4 is 0 Å². The number of carbonyl (C=O) groups excluding carboxylic acids is 1. The molecule has 0 spiro atoms. The lowest BCUT2D eigenvalue weighted by Crippen LogP contribution is -2.57. The van der Waals surface area contributed by atoms with Gasteiger partial charge in [0.1, 0.15) is 11.5 Å². The van der Waals surface area contributed by atoms with Gasteiger partial charge in [-0.1, -0.05) is 23.8 Å². The molecule has 4 rings (SSSR count). The van der Waals surface area contributed by atoms with Gasteiger partial charge in [0.25, 0.3) is 5.91 Å². The molecule has 2 heterocycles. The highest BCUT2D eigenvalue weighted by Gasteiger charge is 2.32. The number of H-pyrrole nitrogens is 1. The number of fused-ring (bicyclic) bond motifs is 1. The molecule has 0 saturated carbocycles. The minimum atomic E-state index is -0.214. The Morgan fingerprint density at radius 1 is 1.07 bits per heavy atom. The number of aromatic nitrogens is 1. The van der Waals surface area contributed by atoms with Crippen molar-refractivity contribution in [3.05, 3.63) is 71.2 Å². The van der Waals surface area contributed by atoms with Gasteiger partial charge in [-0.25, -0.2) is 4.39 Å². The first kappa shape index (κ1) is 18.7. The average Bonchev–Trinajstić information content (AvgIpc) is 3.09. The van der Waals surface area contributed by atoms with Crippen LogP contribution in [0.4, 0.5) is 4.39 Å². The van der Waals surface area contributed by atoms with E-state index in [1.165, 1.54) is 17.7 Å². The normalized spacial score (nSPS) is 20.6. The monoisotopic (exact) mass is 379 g/mol. The van der Waals surface area contributed by atoms with Gasteiger partial charge in [-0.05, 0) is 56.7 Å². The number of aromatic amines is 1. The number of halogens is 1. The maximum atomic E-state index is 13.1. The summed E-state index contributed by atoms with van der Waals surface area (Å²) >= 11 is 0. The molecule has 5 heteroatoms. The van der Waals surface area contributed by atoms with Crippen LogP contribution in [0, 0.1) is 12.7 Å². The molecule has 146 valence electrons. The van der Waals surface area contributed by atoms with E-state index in [1.807, 2.05) is 35.2 Å². The number of nitrogens with zero attached hydrogens (tertiary/aromatic N) is 2. The van der Waals surface area contributed by atoms with Crippen LogP contribution in [0.25, 0.3) is 10.9 Å². The van der Waals surface area contributed by atoms with E-state index in [-0.39, 0.29) is 23.8 Å². The number of nitrogens with one attached hydrogen (secondary N) is 1. The summed E-state index contributed by atoms with van der Waals surface area (Å²) in [5.41, 5.74) is 3.91. The molecule has 1 amide bonds. The van der Waals surface area contributed by atoms with Crippen molar-refractivity contribution in [2.24, 2.45) is 0 Å². The van der Waals surface area contributed by atoms with Crippen molar-refractivity contribution in [2.75, 3.05) is 13.1 Å². The lowest BCUT2D eigenvalue weighted by atomic mass is 10.1. The fraction of sp³-hybridized carbons (Fsp3) is 0.348. The molecule has 1 aromatic heterocycles. The third-order valence-corrected chi connectivity index (χ3v) is 5.68. The van der Waals surface area contributed by atoms with Gasteiger partial charge in [0.05, 0.1) is 0 Å². The average molecular weight is 379 g/mol. The molecule has 3 aromatic rings. The Morgan fingerprint density at radius 2 is 1.82 bits per heavy atom. The second-order valence-electron chi connectivity index (χ2n) is 7.99. The number of benzene rings is 2. The van der Waals surface area contributed by atoms with E-state index in [9.17, 15) is 9.18 Å². The maximum Gasteiger partial charge on any atom is 0.270 e. The quantitative estimate of drug-likeness (QED) is 0.735. The second-order valence-corrected chi connectivity index (χ2v) is 7.99. The molecular weight excluding hydrogens is 353 g/mol. The molecule has 0 unspecified atom stereocenters. The number of piperazine rings is 1. The topological polar surface area (TPSA) is 39.3 Å². The van der Waals surface area contributed by atoms with E-state index in [2.05, 4.69) is 36.7 Å². The Morgan fingerprint density at radius 3 is 2.57 bits per heavy atom. The highest BCUT2D eigenvalue weighted by atomic mass is 19.1. The number of hydrogen-bond acceptors (Lipinski definition) is 2. The first-order valence-corrected chi connectivity index (χ1v) is 9.79. The molecule has 2 aromatic carbocycles. The summed E-state index contributed by atoms with van der Waals surface area (Å²) in [4.78, 5) is 20.7. The Labute approximate surface area is 165 Å². The number of rotatable bonds is 3. The Kier molecular flexibility index (Phi) is 4.94. The molecule has 28 heavy (non-hydrogen) atoms. The van der Waals surface area contributed by atoms with Crippen LogP contribution in [-0.2, 0) is 6.54 Å². The first-order valence-electron chi connectivity index (χ1n) is 9.79. The molecule has 0 radical (unpaired) electrons. The maximum absolute atomic E-state index is 13.1.